The van der Waals surface area contributed by atoms with Gasteiger partial charge >= 0.3 is 0 Å². The van der Waals surface area contributed by atoms with Crippen LogP contribution >= 0.6 is 0 Å². The van der Waals surface area contributed by atoms with E-state index >= 15 is 0 Å². The molecule has 2 heterocycles. The van der Waals surface area contributed by atoms with Gasteiger partial charge in [-0.25, -0.2) is 9.07 Å². The number of nitrogens with zero attached hydrogens (tertiary/aromatic N) is 3. The van der Waals surface area contributed by atoms with Crippen LogP contribution in [0.1, 0.15) is 43.1 Å². The van der Waals surface area contributed by atoms with Gasteiger partial charge in [0.05, 0.1) is 23.8 Å². The van der Waals surface area contributed by atoms with E-state index in [-0.39, 0.29) is 17.3 Å². The van der Waals surface area contributed by atoms with Crippen LogP contribution in [0, 0.1) is 11.2 Å². The Bertz CT molecular complexity index is 1190. The molecule has 2 N–H and O–H groups in total. The molecule has 0 saturated heterocycles. The minimum Gasteiger partial charge on any atom is -0.306 e. The van der Waals surface area contributed by atoms with E-state index in [1.54, 1.807) is 6.07 Å². The van der Waals surface area contributed by atoms with Crippen LogP contribution in [-0.4, -0.2) is 20.0 Å². The number of H-pyrrole nitrogens is 1. The number of hydrogen-bond donors (Lipinski definition) is 2. The van der Waals surface area contributed by atoms with Crippen LogP contribution in [0.2, 0.25) is 0 Å². The Balaban J connectivity index is 1.43. The maximum absolute atomic E-state index is 13.8. The van der Waals surface area contributed by atoms with Gasteiger partial charge in [-0.2, -0.15) is 10.2 Å². The Morgan fingerprint density at radius 2 is 1.97 bits per heavy atom. The van der Waals surface area contributed by atoms with E-state index in [1.165, 1.54) is 17.7 Å². The Morgan fingerprint density at radius 1 is 1.13 bits per heavy atom. The molecule has 6 heteroatoms. The zero-order valence-electron chi connectivity index (χ0n) is 17.8. The lowest BCUT2D eigenvalue weighted by atomic mass is 9.74. The molecule has 158 valence electrons. The van der Waals surface area contributed by atoms with Crippen molar-refractivity contribution in [1.29, 1.82) is 0 Å². The predicted molar refractivity (Wildman–Crippen MR) is 119 cm³/mol. The van der Waals surface area contributed by atoms with Crippen molar-refractivity contribution in [3.05, 3.63) is 89.6 Å². The van der Waals surface area contributed by atoms with Gasteiger partial charge < -0.3 is 5.32 Å². The lowest BCUT2D eigenvalue weighted by Crippen LogP contribution is -2.33. The lowest BCUT2D eigenvalue weighted by Gasteiger charge is -2.36. The highest BCUT2D eigenvalue weighted by molar-refractivity contribution is 5.62. The highest BCUT2D eigenvalue weighted by Crippen LogP contribution is 2.41. The van der Waals surface area contributed by atoms with Gasteiger partial charge in [-0.05, 0) is 42.0 Å². The first-order chi connectivity index (χ1) is 15.0. The van der Waals surface area contributed by atoms with E-state index in [1.807, 2.05) is 41.3 Å². The highest BCUT2D eigenvalue weighted by atomic mass is 19.1. The van der Waals surface area contributed by atoms with Gasteiger partial charge in [0.15, 0.2) is 0 Å². The number of halogens is 1. The third-order valence-electron chi connectivity index (χ3n) is 6.05. The molecule has 0 unspecified atom stereocenters. The summed E-state index contributed by atoms with van der Waals surface area (Å²) in [5.74, 6) is -0.250. The van der Waals surface area contributed by atoms with Gasteiger partial charge in [-0.3, -0.25) is 5.10 Å². The number of hydrogen-bond acceptors (Lipinski definition) is 3. The van der Waals surface area contributed by atoms with Crippen molar-refractivity contribution in [2.45, 2.75) is 39.3 Å². The van der Waals surface area contributed by atoms with Crippen LogP contribution in [0.5, 0.6) is 0 Å². The topological polar surface area (TPSA) is 58.5 Å². The van der Waals surface area contributed by atoms with E-state index in [0.717, 1.165) is 41.0 Å². The Morgan fingerprint density at radius 3 is 2.77 bits per heavy atom. The van der Waals surface area contributed by atoms with E-state index in [4.69, 9.17) is 0 Å². The van der Waals surface area contributed by atoms with Crippen molar-refractivity contribution in [1.82, 2.24) is 25.3 Å². The van der Waals surface area contributed by atoms with Crippen molar-refractivity contribution >= 4 is 0 Å². The van der Waals surface area contributed by atoms with Gasteiger partial charge in [0.2, 0.25) is 0 Å². The van der Waals surface area contributed by atoms with Gasteiger partial charge in [-0.1, -0.05) is 50.2 Å². The average Bonchev–Trinajstić information content (AvgIpc) is 3.39. The quantitative estimate of drug-likeness (QED) is 0.471. The number of aromatic nitrogens is 4. The van der Waals surface area contributed by atoms with Gasteiger partial charge in [0.1, 0.15) is 5.82 Å². The van der Waals surface area contributed by atoms with Gasteiger partial charge in [0, 0.05) is 29.4 Å². The highest BCUT2D eigenvalue weighted by Gasteiger charge is 2.35. The smallest absolute Gasteiger partial charge is 0.125 e. The molecular weight excluding hydrogens is 389 g/mol. The maximum atomic E-state index is 13.8. The molecule has 0 fully saturated rings. The van der Waals surface area contributed by atoms with Crippen LogP contribution in [0.4, 0.5) is 4.39 Å². The second-order valence-corrected chi connectivity index (χ2v) is 9.05. The van der Waals surface area contributed by atoms with E-state index < -0.39 is 0 Å². The summed E-state index contributed by atoms with van der Waals surface area (Å²) in [6, 6.07) is 17.0. The molecule has 0 saturated carbocycles. The molecule has 0 bridgehead atoms. The third kappa shape index (κ3) is 3.91. The first-order valence-corrected chi connectivity index (χ1v) is 10.6. The van der Waals surface area contributed by atoms with E-state index in [2.05, 4.69) is 46.6 Å². The maximum Gasteiger partial charge on any atom is 0.125 e. The van der Waals surface area contributed by atoms with Crippen LogP contribution in [0.25, 0.3) is 16.9 Å². The van der Waals surface area contributed by atoms with Crippen LogP contribution < -0.4 is 5.32 Å². The molecule has 0 spiro atoms. The standard InChI is InChI=1S/C25H26FN5/c1-25(2)12-22(27-14-18-15-28-30-24(18)17-7-4-3-5-8-17)21-16-29-31(23(21)13-25)20-10-6-9-19(26)11-20/h3-11,15-16,22,27H,12-14H2,1-2H3,(H,28,30)/t22-/m1/s1. The summed E-state index contributed by atoms with van der Waals surface area (Å²) in [5, 5.41) is 15.8. The molecule has 0 aliphatic heterocycles. The van der Waals surface area contributed by atoms with Crippen molar-refractivity contribution in [3.8, 4) is 16.9 Å². The molecule has 2 aromatic heterocycles. The molecule has 5 nitrogen and oxygen atoms in total. The monoisotopic (exact) mass is 415 g/mol. The first kappa shape index (κ1) is 19.7. The third-order valence-corrected chi connectivity index (χ3v) is 6.05. The zero-order chi connectivity index (χ0) is 21.4. The summed E-state index contributed by atoms with van der Waals surface area (Å²) in [4.78, 5) is 0. The first-order valence-electron chi connectivity index (χ1n) is 10.6. The number of benzene rings is 2. The fourth-order valence-electron chi connectivity index (χ4n) is 4.59. The molecule has 4 aromatic rings. The number of fused-ring (bicyclic) bond motifs is 1. The minimum atomic E-state index is -0.250. The normalized spacial score (nSPS) is 17.5. The molecule has 0 amide bonds. The van der Waals surface area contributed by atoms with Crippen molar-refractivity contribution in [2.75, 3.05) is 0 Å². The van der Waals surface area contributed by atoms with Crippen LogP contribution in [0.15, 0.2) is 67.0 Å². The molecule has 0 radical (unpaired) electrons. The van der Waals surface area contributed by atoms with E-state index in [0.29, 0.717) is 6.54 Å². The minimum absolute atomic E-state index is 0.106. The van der Waals surface area contributed by atoms with Crippen LogP contribution in [-0.2, 0) is 13.0 Å². The summed E-state index contributed by atoms with van der Waals surface area (Å²) in [6.07, 6.45) is 5.73. The number of nitrogens with one attached hydrogen (secondary N) is 2. The Hall–Kier alpha value is -3.25. The predicted octanol–water partition coefficient (Wildman–Crippen LogP) is 5.20. The molecule has 2 aromatic carbocycles. The summed E-state index contributed by atoms with van der Waals surface area (Å²) in [7, 11) is 0. The molecule has 1 aliphatic carbocycles. The van der Waals surface area contributed by atoms with E-state index in [9.17, 15) is 4.39 Å². The lowest BCUT2D eigenvalue weighted by molar-refractivity contribution is 0.253. The molecule has 1 aliphatic rings. The summed E-state index contributed by atoms with van der Waals surface area (Å²) in [5.41, 5.74) is 6.50. The molecule has 31 heavy (non-hydrogen) atoms. The average molecular weight is 416 g/mol. The number of aromatic amines is 1. The summed E-state index contributed by atoms with van der Waals surface area (Å²) >= 11 is 0. The van der Waals surface area contributed by atoms with Crippen molar-refractivity contribution in [2.24, 2.45) is 5.41 Å². The second kappa shape index (κ2) is 7.78. The zero-order valence-corrected chi connectivity index (χ0v) is 17.8. The summed E-state index contributed by atoms with van der Waals surface area (Å²) < 4.78 is 15.7. The Labute approximate surface area is 181 Å². The molecule has 5 rings (SSSR count). The van der Waals surface area contributed by atoms with Gasteiger partial charge in [-0.15, -0.1) is 0 Å². The fourth-order valence-corrected chi connectivity index (χ4v) is 4.59. The Kier molecular flexibility index (Phi) is 4.94. The number of rotatable bonds is 5. The van der Waals surface area contributed by atoms with Crippen molar-refractivity contribution < 1.29 is 4.39 Å². The molecular formula is C25H26FN5. The van der Waals surface area contributed by atoms with Gasteiger partial charge in [0.25, 0.3) is 0 Å². The fraction of sp³-hybridized carbons (Fsp3) is 0.280. The molecule has 1 atom stereocenters. The second-order valence-electron chi connectivity index (χ2n) is 9.05. The van der Waals surface area contributed by atoms with Crippen LogP contribution in [0.3, 0.4) is 0 Å². The largest absolute Gasteiger partial charge is 0.306 e. The SMILES string of the molecule is CC1(C)Cc2c(cnn2-c2cccc(F)c2)[C@H](NCc2cn[nH]c2-c2ccccc2)C1. The van der Waals surface area contributed by atoms with Crippen molar-refractivity contribution in [3.63, 3.8) is 0 Å². The summed E-state index contributed by atoms with van der Waals surface area (Å²) in [6.45, 7) is 5.26.